The van der Waals surface area contributed by atoms with Crippen LogP contribution in [0.1, 0.15) is 0 Å². The quantitative estimate of drug-likeness (QED) is 0.627. The summed E-state index contributed by atoms with van der Waals surface area (Å²) in [5.74, 6) is 0.818. The molecule has 0 saturated carbocycles. The van der Waals surface area contributed by atoms with E-state index in [-0.39, 0.29) is 0 Å². The Labute approximate surface area is 133 Å². The van der Waals surface area contributed by atoms with Crippen molar-refractivity contribution in [3.8, 4) is 28.3 Å². The molecule has 0 unspecified atom stereocenters. The largest absolute Gasteiger partial charge is 0.497 e. The number of aromatic amines is 1. The van der Waals surface area contributed by atoms with E-state index in [1.54, 1.807) is 7.11 Å². The molecule has 112 valence electrons. The number of benzene rings is 2. The molecule has 23 heavy (non-hydrogen) atoms. The zero-order valence-corrected chi connectivity index (χ0v) is 12.5. The Morgan fingerprint density at radius 2 is 1.65 bits per heavy atom. The molecule has 2 heterocycles. The summed E-state index contributed by atoms with van der Waals surface area (Å²) in [6, 6.07) is 19.8. The van der Waals surface area contributed by atoms with Crippen LogP contribution in [0.2, 0.25) is 0 Å². The lowest BCUT2D eigenvalue weighted by Crippen LogP contribution is -1.88. The first kappa shape index (κ1) is 13.5. The summed E-state index contributed by atoms with van der Waals surface area (Å²) in [6.45, 7) is 0. The van der Waals surface area contributed by atoms with E-state index in [0.717, 1.165) is 33.7 Å². The summed E-state index contributed by atoms with van der Waals surface area (Å²) < 4.78 is 5.20. The molecule has 0 spiro atoms. The molecule has 0 aliphatic carbocycles. The van der Waals surface area contributed by atoms with E-state index < -0.39 is 0 Å². The average Bonchev–Trinajstić information content (AvgIpc) is 3.05. The molecule has 1 N–H and O–H groups in total. The van der Waals surface area contributed by atoms with Crippen LogP contribution in [0.5, 0.6) is 5.75 Å². The Balaban J connectivity index is 1.84. The number of methoxy groups -OCH3 is 1. The van der Waals surface area contributed by atoms with Crippen molar-refractivity contribution in [2.75, 3.05) is 7.11 Å². The molecule has 5 nitrogen and oxygen atoms in total. The third-order valence-corrected chi connectivity index (χ3v) is 3.76. The summed E-state index contributed by atoms with van der Waals surface area (Å²) in [5, 5.41) is 16.8. The van der Waals surface area contributed by atoms with Gasteiger partial charge in [0.1, 0.15) is 11.4 Å². The molecule has 0 atom stereocenters. The van der Waals surface area contributed by atoms with Gasteiger partial charge >= 0.3 is 0 Å². The predicted octanol–water partition coefficient (Wildman–Crippen LogP) is 3.70. The van der Waals surface area contributed by atoms with Gasteiger partial charge in [0.05, 0.1) is 18.2 Å². The molecular formula is C18H14N4O. The van der Waals surface area contributed by atoms with Crippen molar-refractivity contribution < 1.29 is 4.74 Å². The van der Waals surface area contributed by atoms with E-state index in [0.29, 0.717) is 5.65 Å². The van der Waals surface area contributed by atoms with Crippen LogP contribution in [0.3, 0.4) is 0 Å². The van der Waals surface area contributed by atoms with Crippen molar-refractivity contribution in [3.05, 3.63) is 60.7 Å². The number of H-pyrrole nitrogens is 1. The standard InChI is InChI=1S/C18H14N4O/c1-23-14-9-7-13(8-10-14)17-15-11-16(12-5-3-2-4-6-12)19-21-18(15)22-20-17/h2-11H,1H3,(H,20,21,22). The maximum Gasteiger partial charge on any atom is 0.178 e. The van der Waals surface area contributed by atoms with E-state index in [1.807, 2.05) is 60.7 Å². The molecule has 4 rings (SSSR count). The Morgan fingerprint density at radius 1 is 0.870 bits per heavy atom. The van der Waals surface area contributed by atoms with Crippen LogP contribution in [0, 0.1) is 0 Å². The third-order valence-electron chi connectivity index (χ3n) is 3.76. The van der Waals surface area contributed by atoms with E-state index in [2.05, 4.69) is 20.4 Å². The number of nitrogens with one attached hydrogen (secondary N) is 1. The fourth-order valence-electron chi connectivity index (χ4n) is 2.54. The fourth-order valence-corrected chi connectivity index (χ4v) is 2.54. The number of fused-ring (bicyclic) bond motifs is 1. The van der Waals surface area contributed by atoms with Crippen molar-refractivity contribution in [1.29, 1.82) is 0 Å². The maximum atomic E-state index is 5.20. The average molecular weight is 302 g/mol. The van der Waals surface area contributed by atoms with Gasteiger partial charge in [0.2, 0.25) is 0 Å². The first-order valence-corrected chi connectivity index (χ1v) is 7.27. The van der Waals surface area contributed by atoms with Crippen molar-refractivity contribution in [3.63, 3.8) is 0 Å². The SMILES string of the molecule is COc1ccc(-c2n[nH]c3nnc(-c4ccccc4)cc23)cc1. The molecule has 2 aromatic heterocycles. The smallest absolute Gasteiger partial charge is 0.178 e. The van der Waals surface area contributed by atoms with E-state index in [1.165, 1.54) is 0 Å². The lowest BCUT2D eigenvalue weighted by molar-refractivity contribution is 0.415. The minimum atomic E-state index is 0.676. The molecule has 0 aliphatic rings. The number of aromatic nitrogens is 4. The van der Waals surface area contributed by atoms with Crippen LogP contribution in [-0.4, -0.2) is 27.5 Å². The normalized spacial score (nSPS) is 10.8. The summed E-state index contributed by atoms with van der Waals surface area (Å²) in [6.07, 6.45) is 0. The first-order valence-electron chi connectivity index (χ1n) is 7.27. The van der Waals surface area contributed by atoms with Crippen LogP contribution in [-0.2, 0) is 0 Å². The fraction of sp³-hybridized carbons (Fsp3) is 0.0556. The van der Waals surface area contributed by atoms with Crippen molar-refractivity contribution in [2.24, 2.45) is 0 Å². The third kappa shape index (κ3) is 2.42. The second-order valence-corrected chi connectivity index (χ2v) is 5.16. The van der Waals surface area contributed by atoms with Gasteiger partial charge in [-0.25, -0.2) is 0 Å². The zero-order valence-electron chi connectivity index (χ0n) is 12.5. The van der Waals surface area contributed by atoms with Gasteiger partial charge in [0.15, 0.2) is 5.65 Å². The molecule has 0 aliphatic heterocycles. The van der Waals surface area contributed by atoms with Gasteiger partial charge in [-0.2, -0.15) is 5.10 Å². The number of hydrogen-bond acceptors (Lipinski definition) is 4. The minimum absolute atomic E-state index is 0.676. The zero-order chi connectivity index (χ0) is 15.6. The maximum absolute atomic E-state index is 5.20. The summed E-state index contributed by atoms with van der Waals surface area (Å²) in [4.78, 5) is 0. The second-order valence-electron chi connectivity index (χ2n) is 5.16. The van der Waals surface area contributed by atoms with Gasteiger partial charge in [0, 0.05) is 11.1 Å². The van der Waals surface area contributed by atoms with Crippen molar-refractivity contribution in [2.45, 2.75) is 0 Å². The van der Waals surface area contributed by atoms with Gasteiger partial charge < -0.3 is 4.74 Å². The van der Waals surface area contributed by atoms with Crippen molar-refractivity contribution in [1.82, 2.24) is 20.4 Å². The Morgan fingerprint density at radius 3 is 2.39 bits per heavy atom. The molecule has 0 bridgehead atoms. The number of hydrogen-bond donors (Lipinski definition) is 1. The highest BCUT2D eigenvalue weighted by atomic mass is 16.5. The summed E-state index contributed by atoms with van der Waals surface area (Å²) in [5.41, 5.74) is 4.40. The Kier molecular flexibility index (Phi) is 3.24. The van der Waals surface area contributed by atoms with Crippen LogP contribution < -0.4 is 4.74 Å². The van der Waals surface area contributed by atoms with Crippen LogP contribution in [0.4, 0.5) is 0 Å². The highest BCUT2D eigenvalue weighted by Crippen LogP contribution is 2.28. The highest BCUT2D eigenvalue weighted by molar-refractivity contribution is 5.92. The van der Waals surface area contributed by atoms with Gasteiger partial charge in [-0.15, -0.1) is 10.2 Å². The van der Waals surface area contributed by atoms with E-state index >= 15 is 0 Å². The van der Waals surface area contributed by atoms with E-state index in [4.69, 9.17) is 4.74 Å². The first-order chi connectivity index (χ1) is 11.3. The lowest BCUT2D eigenvalue weighted by Gasteiger charge is -2.02. The Hall–Kier alpha value is -3.21. The molecule has 4 aromatic rings. The van der Waals surface area contributed by atoms with E-state index in [9.17, 15) is 0 Å². The van der Waals surface area contributed by atoms with Crippen molar-refractivity contribution >= 4 is 11.0 Å². The summed E-state index contributed by atoms with van der Waals surface area (Å²) in [7, 11) is 1.65. The number of rotatable bonds is 3. The van der Waals surface area contributed by atoms with Gasteiger partial charge in [0.25, 0.3) is 0 Å². The monoisotopic (exact) mass is 302 g/mol. The topological polar surface area (TPSA) is 63.7 Å². The minimum Gasteiger partial charge on any atom is -0.497 e. The summed E-state index contributed by atoms with van der Waals surface area (Å²) >= 11 is 0. The van der Waals surface area contributed by atoms with Crippen LogP contribution >= 0.6 is 0 Å². The molecular weight excluding hydrogens is 288 g/mol. The Bertz CT molecular complexity index is 946. The molecule has 0 saturated heterocycles. The lowest BCUT2D eigenvalue weighted by atomic mass is 10.1. The molecule has 0 amide bonds. The van der Waals surface area contributed by atoms with Crippen LogP contribution in [0.15, 0.2) is 60.7 Å². The number of nitrogens with zero attached hydrogens (tertiary/aromatic N) is 3. The molecule has 5 heteroatoms. The van der Waals surface area contributed by atoms with Crippen LogP contribution in [0.25, 0.3) is 33.5 Å². The highest BCUT2D eigenvalue weighted by Gasteiger charge is 2.11. The number of ether oxygens (including phenoxy) is 1. The van der Waals surface area contributed by atoms with Gasteiger partial charge in [-0.05, 0) is 30.3 Å². The molecule has 0 fully saturated rings. The predicted molar refractivity (Wildman–Crippen MR) is 89.1 cm³/mol. The van der Waals surface area contributed by atoms with Gasteiger partial charge in [-0.1, -0.05) is 30.3 Å². The van der Waals surface area contributed by atoms with Gasteiger partial charge in [-0.3, -0.25) is 5.10 Å². The molecule has 2 aromatic carbocycles. The second kappa shape index (κ2) is 5.53. The molecule has 0 radical (unpaired) electrons.